The molecule has 28 heavy (non-hydrogen) atoms. The summed E-state index contributed by atoms with van der Waals surface area (Å²) in [5.74, 6) is 0. The van der Waals surface area contributed by atoms with Gasteiger partial charge < -0.3 is 10.6 Å². The lowest BCUT2D eigenvalue weighted by Crippen LogP contribution is -2.24. The van der Waals surface area contributed by atoms with E-state index in [0.717, 1.165) is 0 Å². The highest BCUT2D eigenvalue weighted by Gasteiger charge is 2.27. The first-order chi connectivity index (χ1) is 12.7. The SMILES string of the molecule is NS(=O)(=O)c1cc(S(N)(=O)=O)c(NC(=O)Nc2ccc(Cl)c(Cl)c2)c(Cl)c1Cl. The Morgan fingerprint density at radius 2 is 1.36 bits per heavy atom. The number of amides is 2. The van der Waals surface area contributed by atoms with Crippen LogP contribution in [-0.2, 0) is 20.0 Å². The van der Waals surface area contributed by atoms with Crippen LogP contribution < -0.4 is 20.9 Å². The molecule has 0 atom stereocenters. The second-order valence-corrected chi connectivity index (χ2v) is 9.80. The fourth-order valence-corrected chi connectivity index (χ4v) is 4.54. The number of benzene rings is 2. The van der Waals surface area contributed by atoms with Crippen molar-refractivity contribution in [1.29, 1.82) is 0 Å². The van der Waals surface area contributed by atoms with Crippen molar-refractivity contribution in [3.63, 3.8) is 0 Å². The number of primary sulfonamides is 2. The fraction of sp³-hybridized carbons (Fsp3) is 0. The quantitative estimate of drug-likeness (QED) is 0.498. The molecule has 0 saturated carbocycles. The van der Waals surface area contributed by atoms with Crippen LogP contribution in [0, 0.1) is 0 Å². The maximum atomic E-state index is 12.2. The van der Waals surface area contributed by atoms with E-state index in [2.05, 4.69) is 10.6 Å². The Morgan fingerprint density at radius 3 is 1.86 bits per heavy atom. The first-order valence-electron chi connectivity index (χ1n) is 6.82. The van der Waals surface area contributed by atoms with E-state index >= 15 is 0 Å². The number of halogens is 4. The first-order valence-corrected chi connectivity index (χ1v) is 11.4. The van der Waals surface area contributed by atoms with Crippen LogP contribution in [0.5, 0.6) is 0 Å². The number of hydrogen-bond donors (Lipinski definition) is 4. The number of urea groups is 1. The largest absolute Gasteiger partial charge is 0.323 e. The van der Waals surface area contributed by atoms with Gasteiger partial charge in [-0.1, -0.05) is 46.4 Å². The van der Waals surface area contributed by atoms with Crippen molar-refractivity contribution >= 4 is 83.9 Å². The summed E-state index contributed by atoms with van der Waals surface area (Å²) in [6.45, 7) is 0. The second-order valence-electron chi connectivity index (χ2n) is 5.17. The zero-order valence-corrected chi connectivity index (χ0v) is 18.0. The summed E-state index contributed by atoms with van der Waals surface area (Å²) < 4.78 is 46.9. The monoisotopic (exact) mass is 506 g/mol. The summed E-state index contributed by atoms with van der Waals surface area (Å²) >= 11 is 23.4. The molecule has 0 bridgehead atoms. The third-order valence-electron chi connectivity index (χ3n) is 3.17. The van der Waals surface area contributed by atoms with Gasteiger partial charge in [-0.15, -0.1) is 0 Å². The normalized spacial score (nSPS) is 11.9. The standard InChI is InChI=1S/C13H10Cl4N4O5S2/c14-6-2-1-5(3-7(6)15)20-13(22)21-12-9(28(19,25)26)4-8(27(18,23)24)10(16)11(12)17/h1-4H,(H2,18,23,24)(H2,19,25,26)(H2,20,21,22). The van der Waals surface area contributed by atoms with Gasteiger partial charge in [0.05, 0.1) is 25.8 Å². The van der Waals surface area contributed by atoms with Crippen molar-refractivity contribution in [1.82, 2.24) is 0 Å². The van der Waals surface area contributed by atoms with E-state index < -0.39 is 51.6 Å². The van der Waals surface area contributed by atoms with E-state index in [1.807, 2.05) is 0 Å². The highest BCUT2D eigenvalue weighted by molar-refractivity contribution is 7.90. The molecule has 2 aromatic rings. The van der Waals surface area contributed by atoms with E-state index in [9.17, 15) is 21.6 Å². The minimum Gasteiger partial charge on any atom is -0.308 e. The number of nitrogens with one attached hydrogen (secondary N) is 2. The van der Waals surface area contributed by atoms with Crippen LogP contribution in [-0.4, -0.2) is 22.9 Å². The van der Waals surface area contributed by atoms with Crippen LogP contribution in [0.3, 0.4) is 0 Å². The van der Waals surface area contributed by atoms with Gasteiger partial charge in [0.2, 0.25) is 20.0 Å². The van der Waals surface area contributed by atoms with Gasteiger partial charge in [-0.25, -0.2) is 31.9 Å². The highest BCUT2D eigenvalue weighted by atomic mass is 35.5. The van der Waals surface area contributed by atoms with Gasteiger partial charge in [0.25, 0.3) is 0 Å². The number of hydrogen-bond acceptors (Lipinski definition) is 5. The van der Waals surface area contributed by atoms with Crippen molar-refractivity contribution in [2.45, 2.75) is 9.79 Å². The van der Waals surface area contributed by atoms with Gasteiger partial charge in [-0.2, -0.15) is 0 Å². The van der Waals surface area contributed by atoms with Crippen LogP contribution in [0.2, 0.25) is 20.1 Å². The summed E-state index contributed by atoms with van der Waals surface area (Å²) in [7, 11) is -8.96. The Kier molecular flexibility index (Phi) is 6.73. The van der Waals surface area contributed by atoms with Crippen molar-refractivity contribution in [3.05, 3.63) is 44.4 Å². The van der Waals surface area contributed by atoms with Gasteiger partial charge in [0, 0.05) is 5.69 Å². The second kappa shape index (κ2) is 8.20. The molecule has 152 valence electrons. The number of anilines is 2. The highest BCUT2D eigenvalue weighted by Crippen LogP contribution is 2.39. The topological polar surface area (TPSA) is 161 Å². The van der Waals surface area contributed by atoms with Crippen LogP contribution in [0.25, 0.3) is 0 Å². The lowest BCUT2D eigenvalue weighted by molar-refractivity contribution is 0.262. The Hall–Kier alpha value is -1.31. The molecular formula is C13H10Cl4N4O5S2. The molecule has 0 heterocycles. The molecule has 6 N–H and O–H groups in total. The van der Waals surface area contributed by atoms with E-state index in [4.69, 9.17) is 56.7 Å². The van der Waals surface area contributed by atoms with Gasteiger partial charge in [-0.3, -0.25) is 0 Å². The van der Waals surface area contributed by atoms with Crippen LogP contribution in [0.1, 0.15) is 0 Å². The zero-order valence-electron chi connectivity index (χ0n) is 13.3. The van der Waals surface area contributed by atoms with E-state index in [0.29, 0.717) is 6.07 Å². The number of carbonyl (C=O) groups is 1. The molecule has 0 aliphatic rings. The van der Waals surface area contributed by atoms with E-state index in [1.165, 1.54) is 18.2 Å². The van der Waals surface area contributed by atoms with Crippen molar-refractivity contribution < 1.29 is 21.6 Å². The fourth-order valence-electron chi connectivity index (χ4n) is 1.98. The summed E-state index contributed by atoms with van der Waals surface area (Å²) in [5.41, 5.74) is -0.327. The van der Waals surface area contributed by atoms with Gasteiger partial charge in [0.15, 0.2) is 0 Å². The lowest BCUT2D eigenvalue weighted by atomic mass is 10.3. The molecule has 15 heteroatoms. The smallest absolute Gasteiger partial charge is 0.308 e. The Morgan fingerprint density at radius 1 is 0.786 bits per heavy atom. The molecule has 0 saturated heterocycles. The average Bonchev–Trinajstić information content (AvgIpc) is 2.53. The molecule has 0 radical (unpaired) electrons. The lowest BCUT2D eigenvalue weighted by Gasteiger charge is -2.15. The van der Waals surface area contributed by atoms with Crippen molar-refractivity contribution in [2.75, 3.05) is 10.6 Å². The molecule has 0 aliphatic carbocycles. The number of carbonyl (C=O) groups excluding carboxylic acids is 1. The maximum absolute atomic E-state index is 12.2. The molecule has 2 amide bonds. The summed E-state index contributed by atoms with van der Waals surface area (Å²) in [6, 6.07) is 3.81. The molecule has 0 spiro atoms. The first kappa shape index (κ1) is 23.0. The zero-order chi connectivity index (χ0) is 21.4. The van der Waals surface area contributed by atoms with Crippen LogP contribution >= 0.6 is 46.4 Å². The molecular weight excluding hydrogens is 498 g/mol. The molecule has 0 unspecified atom stereocenters. The van der Waals surface area contributed by atoms with E-state index in [-0.39, 0.29) is 15.7 Å². The number of sulfonamides is 2. The Bertz CT molecular complexity index is 1190. The molecule has 0 fully saturated rings. The van der Waals surface area contributed by atoms with Gasteiger partial charge >= 0.3 is 6.03 Å². The molecule has 2 aromatic carbocycles. The minimum absolute atomic E-state index is 0.156. The van der Waals surface area contributed by atoms with E-state index in [1.54, 1.807) is 0 Å². The van der Waals surface area contributed by atoms with Crippen molar-refractivity contribution in [3.8, 4) is 0 Å². The van der Waals surface area contributed by atoms with Crippen LogP contribution in [0.4, 0.5) is 16.2 Å². The predicted octanol–water partition coefficient (Wildman–Crippen LogP) is 3.24. The minimum atomic E-state index is -4.53. The third-order valence-corrected chi connectivity index (χ3v) is 6.75. The molecule has 0 aliphatic heterocycles. The molecule has 2 rings (SSSR count). The number of rotatable bonds is 4. The summed E-state index contributed by atoms with van der Waals surface area (Å²) in [6.07, 6.45) is 0. The maximum Gasteiger partial charge on any atom is 0.323 e. The van der Waals surface area contributed by atoms with Crippen LogP contribution in [0.15, 0.2) is 34.1 Å². The third kappa shape index (κ3) is 5.19. The predicted molar refractivity (Wildman–Crippen MR) is 108 cm³/mol. The van der Waals surface area contributed by atoms with Gasteiger partial charge in [-0.05, 0) is 24.3 Å². The Labute approximate surface area is 180 Å². The molecule has 9 nitrogen and oxygen atoms in total. The average molecular weight is 508 g/mol. The van der Waals surface area contributed by atoms with Gasteiger partial charge in [0.1, 0.15) is 9.79 Å². The Balaban J connectivity index is 2.51. The van der Waals surface area contributed by atoms with Crippen molar-refractivity contribution in [2.24, 2.45) is 10.3 Å². The molecule has 0 aromatic heterocycles. The summed E-state index contributed by atoms with van der Waals surface area (Å²) in [5, 5.41) is 13.8. The number of nitrogens with two attached hydrogens (primary N) is 2. The summed E-state index contributed by atoms with van der Waals surface area (Å²) in [4.78, 5) is 10.6.